The van der Waals surface area contributed by atoms with Gasteiger partial charge in [0.2, 0.25) is 0 Å². The molecule has 0 aliphatic carbocycles. The number of aromatic hydroxyl groups is 1. The predicted molar refractivity (Wildman–Crippen MR) is 84.0 cm³/mol. The van der Waals surface area contributed by atoms with E-state index in [2.05, 4.69) is 37.4 Å². The van der Waals surface area contributed by atoms with E-state index in [9.17, 15) is 5.11 Å². The largest absolute Gasteiger partial charge is 0.508 e. The normalized spacial score (nSPS) is 12.3. The molecule has 0 spiro atoms. The summed E-state index contributed by atoms with van der Waals surface area (Å²) in [7, 11) is 0. The van der Waals surface area contributed by atoms with Crippen molar-refractivity contribution in [2.24, 2.45) is 0 Å². The molecule has 0 aliphatic rings. The van der Waals surface area contributed by atoms with Crippen LogP contribution in [0.4, 0.5) is 0 Å². The van der Waals surface area contributed by atoms with E-state index in [4.69, 9.17) is 0 Å². The average molecular weight is 269 g/mol. The first-order valence-electron chi connectivity index (χ1n) is 7.30. The molecule has 0 aromatic heterocycles. The lowest BCUT2D eigenvalue weighted by Crippen LogP contribution is -2.23. The number of nitrogens with one attached hydrogen (secondary N) is 1. The van der Waals surface area contributed by atoms with Crippen LogP contribution >= 0.6 is 0 Å². The molecule has 2 rings (SSSR count). The van der Waals surface area contributed by atoms with Gasteiger partial charge in [0.05, 0.1) is 6.04 Å². The van der Waals surface area contributed by atoms with Crippen molar-refractivity contribution < 1.29 is 5.11 Å². The van der Waals surface area contributed by atoms with E-state index in [0.29, 0.717) is 5.75 Å². The van der Waals surface area contributed by atoms with Crippen LogP contribution in [0.1, 0.15) is 42.5 Å². The van der Waals surface area contributed by atoms with Gasteiger partial charge in [-0.1, -0.05) is 61.4 Å². The summed E-state index contributed by atoms with van der Waals surface area (Å²) >= 11 is 0. The number of hydrogen-bond acceptors (Lipinski definition) is 2. The summed E-state index contributed by atoms with van der Waals surface area (Å²) in [6.45, 7) is 5.18. The maximum absolute atomic E-state index is 10.2. The van der Waals surface area contributed by atoms with Crippen LogP contribution in [0.3, 0.4) is 0 Å². The zero-order chi connectivity index (χ0) is 14.4. The van der Waals surface area contributed by atoms with E-state index < -0.39 is 0 Å². The molecule has 106 valence electrons. The highest BCUT2D eigenvalue weighted by Crippen LogP contribution is 2.30. The molecular weight excluding hydrogens is 246 g/mol. The third kappa shape index (κ3) is 3.61. The number of aryl methyl sites for hydroxylation is 1. The molecule has 2 aromatic rings. The maximum Gasteiger partial charge on any atom is 0.120 e. The van der Waals surface area contributed by atoms with Crippen LogP contribution in [-0.4, -0.2) is 11.7 Å². The highest BCUT2D eigenvalue weighted by Gasteiger charge is 2.16. The monoisotopic (exact) mass is 269 g/mol. The van der Waals surface area contributed by atoms with Gasteiger partial charge in [0.15, 0.2) is 0 Å². The zero-order valence-corrected chi connectivity index (χ0v) is 12.3. The maximum atomic E-state index is 10.2. The molecule has 0 saturated heterocycles. The van der Waals surface area contributed by atoms with Crippen LogP contribution < -0.4 is 5.32 Å². The standard InChI is InChI=1S/C18H23NO/c1-3-4-12-19-18(15-8-6-5-7-9-15)16-13-14(2)10-11-17(16)20/h5-11,13,18-20H,3-4,12H2,1-2H3. The molecule has 1 atom stereocenters. The van der Waals surface area contributed by atoms with Crippen LogP contribution in [-0.2, 0) is 0 Å². The van der Waals surface area contributed by atoms with Crippen molar-refractivity contribution in [3.05, 3.63) is 65.2 Å². The van der Waals surface area contributed by atoms with E-state index in [-0.39, 0.29) is 6.04 Å². The summed E-state index contributed by atoms with van der Waals surface area (Å²) in [5, 5.41) is 13.7. The second-order valence-corrected chi connectivity index (χ2v) is 5.21. The van der Waals surface area contributed by atoms with Crippen molar-refractivity contribution in [1.82, 2.24) is 5.32 Å². The molecule has 2 aromatic carbocycles. The summed E-state index contributed by atoms with van der Waals surface area (Å²) in [5.41, 5.74) is 3.30. The summed E-state index contributed by atoms with van der Waals surface area (Å²) in [4.78, 5) is 0. The average Bonchev–Trinajstić information content (AvgIpc) is 2.48. The first kappa shape index (κ1) is 14.6. The molecular formula is C18H23NO. The Bertz CT molecular complexity index is 536. The smallest absolute Gasteiger partial charge is 0.120 e. The predicted octanol–water partition coefficient (Wildman–Crippen LogP) is 4.18. The first-order valence-corrected chi connectivity index (χ1v) is 7.30. The summed E-state index contributed by atoms with van der Waals surface area (Å²) in [6.07, 6.45) is 2.30. The lowest BCUT2D eigenvalue weighted by Gasteiger charge is -2.21. The molecule has 2 heteroatoms. The van der Waals surface area contributed by atoms with Crippen LogP contribution in [0.2, 0.25) is 0 Å². The van der Waals surface area contributed by atoms with Gasteiger partial charge < -0.3 is 10.4 Å². The van der Waals surface area contributed by atoms with Crippen molar-refractivity contribution in [3.63, 3.8) is 0 Å². The van der Waals surface area contributed by atoms with Crippen LogP contribution in [0.15, 0.2) is 48.5 Å². The summed E-state index contributed by atoms with van der Waals surface area (Å²) in [5.74, 6) is 0.355. The van der Waals surface area contributed by atoms with E-state index in [1.165, 1.54) is 5.56 Å². The molecule has 1 unspecified atom stereocenters. The highest BCUT2D eigenvalue weighted by atomic mass is 16.3. The van der Waals surface area contributed by atoms with Gasteiger partial charge in [-0.2, -0.15) is 0 Å². The van der Waals surface area contributed by atoms with Gasteiger partial charge in [-0.15, -0.1) is 0 Å². The molecule has 0 saturated carbocycles. The molecule has 0 bridgehead atoms. The fourth-order valence-electron chi connectivity index (χ4n) is 2.38. The first-order chi connectivity index (χ1) is 9.72. The molecule has 0 aliphatic heterocycles. The Kier molecular flexibility index (Phi) is 5.19. The number of benzene rings is 2. The quantitative estimate of drug-likeness (QED) is 0.771. The summed E-state index contributed by atoms with van der Waals surface area (Å²) in [6, 6.07) is 16.1. The van der Waals surface area contributed by atoms with Crippen LogP contribution in [0.5, 0.6) is 5.75 Å². The van der Waals surface area contributed by atoms with E-state index in [0.717, 1.165) is 30.5 Å². The second kappa shape index (κ2) is 7.11. The molecule has 0 heterocycles. The zero-order valence-electron chi connectivity index (χ0n) is 12.3. The Labute approximate surface area is 121 Å². The van der Waals surface area contributed by atoms with Crippen molar-refractivity contribution >= 4 is 0 Å². The van der Waals surface area contributed by atoms with Gasteiger partial charge in [0.1, 0.15) is 5.75 Å². The van der Waals surface area contributed by atoms with E-state index in [1.54, 1.807) is 6.07 Å². The molecule has 0 radical (unpaired) electrons. The molecule has 20 heavy (non-hydrogen) atoms. The van der Waals surface area contributed by atoms with Crippen molar-refractivity contribution in [2.45, 2.75) is 32.7 Å². The van der Waals surface area contributed by atoms with Gasteiger partial charge in [-0.3, -0.25) is 0 Å². The SMILES string of the molecule is CCCCNC(c1ccccc1)c1cc(C)ccc1O. The minimum atomic E-state index is 0.0441. The molecule has 0 fully saturated rings. The minimum Gasteiger partial charge on any atom is -0.508 e. The van der Waals surface area contributed by atoms with Crippen LogP contribution in [0, 0.1) is 6.92 Å². The Hall–Kier alpha value is -1.80. The van der Waals surface area contributed by atoms with Crippen molar-refractivity contribution in [2.75, 3.05) is 6.54 Å². The molecule has 2 nitrogen and oxygen atoms in total. The van der Waals surface area contributed by atoms with Crippen molar-refractivity contribution in [1.29, 1.82) is 0 Å². The lowest BCUT2D eigenvalue weighted by molar-refractivity contribution is 0.456. The van der Waals surface area contributed by atoms with E-state index in [1.807, 2.05) is 24.3 Å². The number of hydrogen-bond donors (Lipinski definition) is 2. The van der Waals surface area contributed by atoms with Gasteiger partial charge in [0, 0.05) is 5.56 Å². The number of phenols is 1. The fraction of sp³-hybridized carbons (Fsp3) is 0.333. The summed E-state index contributed by atoms with van der Waals surface area (Å²) < 4.78 is 0. The third-order valence-electron chi connectivity index (χ3n) is 3.51. The number of unbranched alkanes of at least 4 members (excludes halogenated alkanes) is 1. The fourth-order valence-corrected chi connectivity index (χ4v) is 2.38. The van der Waals surface area contributed by atoms with Gasteiger partial charge in [0.25, 0.3) is 0 Å². The number of rotatable bonds is 6. The van der Waals surface area contributed by atoms with E-state index >= 15 is 0 Å². The minimum absolute atomic E-state index is 0.0441. The molecule has 2 N–H and O–H groups in total. The van der Waals surface area contributed by atoms with Gasteiger partial charge in [-0.25, -0.2) is 0 Å². The Morgan fingerprint density at radius 2 is 1.85 bits per heavy atom. The van der Waals surface area contributed by atoms with Gasteiger partial charge >= 0.3 is 0 Å². The Morgan fingerprint density at radius 1 is 1.10 bits per heavy atom. The third-order valence-corrected chi connectivity index (χ3v) is 3.51. The lowest BCUT2D eigenvalue weighted by atomic mass is 9.96. The Balaban J connectivity index is 2.33. The molecule has 0 amide bonds. The second-order valence-electron chi connectivity index (χ2n) is 5.21. The van der Waals surface area contributed by atoms with Gasteiger partial charge in [-0.05, 0) is 31.5 Å². The van der Waals surface area contributed by atoms with Crippen LogP contribution in [0.25, 0.3) is 0 Å². The Morgan fingerprint density at radius 3 is 2.55 bits per heavy atom. The number of phenolic OH excluding ortho intramolecular Hbond substituents is 1. The topological polar surface area (TPSA) is 32.3 Å². The highest BCUT2D eigenvalue weighted by molar-refractivity contribution is 5.42. The van der Waals surface area contributed by atoms with Crippen molar-refractivity contribution in [3.8, 4) is 5.75 Å².